The summed E-state index contributed by atoms with van der Waals surface area (Å²) in [4.78, 5) is 24.0. The first-order valence-electron chi connectivity index (χ1n) is 7.67. The molecular weight excluding hydrogens is 323 g/mol. The van der Waals surface area contributed by atoms with Crippen LogP contribution in [0.2, 0.25) is 10.0 Å². The molecule has 0 N–H and O–H groups in total. The Hall–Kier alpha value is -1.06. The fourth-order valence-corrected chi connectivity index (χ4v) is 4.35. The minimum Gasteiger partial charge on any atom is -0.457 e. The zero-order valence-electron chi connectivity index (χ0n) is 12.2. The second kappa shape index (κ2) is 6.59. The van der Waals surface area contributed by atoms with Gasteiger partial charge in [0.2, 0.25) is 5.78 Å². The van der Waals surface area contributed by atoms with Gasteiger partial charge in [-0.15, -0.1) is 0 Å². The summed E-state index contributed by atoms with van der Waals surface area (Å²) in [6.45, 7) is -0.263. The summed E-state index contributed by atoms with van der Waals surface area (Å²) in [6.07, 6.45) is 5.38. The van der Waals surface area contributed by atoms with E-state index in [1.807, 2.05) is 0 Å². The molecule has 3 unspecified atom stereocenters. The van der Waals surface area contributed by atoms with Gasteiger partial charge in [-0.25, -0.2) is 0 Å². The molecule has 22 heavy (non-hydrogen) atoms. The second-order valence-corrected chi connectivity index (χ2v) is 7.19. The molecule has 2 saturated carbocycles. The lowest BCUT2D eigenvalue weighted by Crippen LogP contribution is -2.20. The lowest BCUT2D eigenvalue weighted by Gasteiger charge is -2.20. The highest BCUT2D eigenvalue weighted by Gasteiger charge is 2.40. The Morgan fingerprint density at radius 1 is 1.18 bits per heavy atom. The van der Waals surface area contributed by atoms with Gasteiger partial charge in [-0.2, -0.15) is 0 Å². The number of carbonyl (C=O) groups is 2. The molecule has 2 bridgehead atoms. The van der Waals surface area contributed by atoms with E-state index in [4.69, 9.17) is 27.9 Å². The van der Waals surface area contributed by atoms with Gasteiger partial charge in [0, 0.05) is 17.0 Å². The fourth-order valence-electron chi connectivity index (χ4n) is 3.84. The molecule has 0 saturated heterocycles. The summed E-state index contributed by atoms with van der Waals surface area (Å²) in [5.74, 6) is 1.34. The average molecular weight is 341 g/mol. The number of rotatable bonds is 5. The molecule has 0 spiro atoms. The van der Waals surface area contributed by atoms with E-state index in [-0.39, 0.29) is 23.4 Å². The van der Waals surface area contributed by atoms with Crippen molar-refractivity contribution in [3.8, 4) is 0 Å². The van der Waals surface area contributed by atoms with E-state index in [1.54, 1.807) is 12.1 Å². The first kappa shape index (κ1) is 15.8. The summed E-state index contributed by atoms with van der Waals surface area (Å²) in [6, 6.07) is 4.65. The molecule has 1 aromatic carbocycles. The van der Waals surface area contributed by atoms with Crippen LogP contribution in [0.1, 0.15) is 42.5 Å². The summed E-state index contributed by atoms with van der Waals surface area (Å²) >= 11 is 11.8. The molecule has 3 nitrogen and oxygen atoms in total. The van der Waals surface area contributed by atoms with Gasteiger partial charge in [-0.1, -0.05) is 29.6 Å². The van der Waals surface area contributed by atoms with Crippen molar-refractivity contribution in [2.45, 2.75) is 32.1 Å². The van der Waals surface area contributed by atoms with Crippen molar-refractivity contribution in [1.29, 1.82) is 0 Å². The molecule has 3 rings (SSSR count). The monoisotopic (exact) mass is 340 g/mol. The molecule has 0 aromatic heterocycles. The molecule has 2 fully saturated rings. The van der Waals surface area contributed by atoms with Crippen molar-refractivity contribution in [1.82, 2.24) is 0 Å². The van der Waals surface area contributed by atoms with Crippen LogP contribution in [-0.4, -0.2) is 18.4 Å². The molecule has 2 aliphatic rings. The van der Waals surface area contributed by atoms with Gasteiger partial charge in [0.25, 0.3) is 0 Å². The van der Waals surface area contributed by atoms with Gasteiger partial charge in [-0.3, -0.25) is 9.59 Å². The number of halogens is 2. The number of esters is 1. The molecule has 3 atom stereocenters. The molecular formula is C17H18Cl2O3. The highest BCUT2D eigenvalue weighted by atomic mass is 35.5. The Morgan fingerprint density at radius 2 is 2.00 bits per heavy atom. The fraction of sp³-hybridized carbons (Fsp3) is 0.529. The molecule has 118 valence electrons. The molecule has 1 aromatic rings. The lowest BCUT2D eigenvalue weighted by molar-refractivity contribution is -0.144. The van der Waals surface area contributed by atoms with Crippen molar-refractivity contribution in [2.75, 3.05) is 6.61 Å². The van der Waals surface area contributed by atoms with E-state index in [0.717, 1.165) is 12.3 Å². The molecule has 0 radical (unpaired) electrons. The minimum absolute atomic E-state index is 0.263. The third-order valence-electron chi connectivity index (χ3n) is 4.91. The van der Waals surface area contributed by atoms with Gasteiger partial charge < -0.3 is 4.74 Å². The maximum Gasteiger partial charge on any atom is 0.306 e. The maximum atomic E-state index is 12.0. The largest absolute Gasteiger partial charge is 0.457 e. The van der Waals surface area contributed by atoms with E-state index in [9.17, 15) is 9.59 Å². The van der Waals surface area contributed by atoms with Crippen LogP contribution in [0, 0.1) is 17.8 Å². The van der Waals surface area contributed by atoms with Crippen molar-refractivity contribution < 1.29 is 14.3 Å². The Balaban J connectivity index is 1.49. The predicted molar refractivity (Wildman–Crippen MR) is 85.3 cm³/mol. The third kappa shape index (κ3) is 3.47. The van der Waals surface area contributed by atoms with E-state index in [1.165, 1.54) is 25.3 Å². The summed E-state index contributed by atoms with van der Waals surface area (Å²) < 4.78 is 5.13. The van der Waals surface area contributed by atoms with Crippen molar-refractivity contribution in [3.05, 3.63) is 33.8 Å². The summed E-state index contributed by atoms with van der Waals surface area (Å²) in [5.41, 5.74) is 0.332. The van der Waals surface area contributed by atoms with Crippen LogP contribution >= 0.6 is 23.2 Å². The van der Waals surface area contributed by atoms with Gasteiger partial charge in [-0.05, 0) is 55.2 Å². The lowest BCUT2D eigenvalue weighted by atomic mass is 9.86. The summed E-state index contributed by atoms with van der Waals surface area (Å²) in [5, 5.41) is 0.747. The number of fused-ring (bicyclic) bond motifs is 2. The molecule has 0 heterocycles. The Morgan fingerprint density at radius 3 is 2.64 bits per heavy atom. The van der Waals surface area contributed by atoms with Crippen molar-refractivity contribution in [2.24, 2.45) is 17.8 Å². The standard InChI is InChI=1S/C17H18Cl2O3/c18-13-3-4-14(15(19)8-13)16(20)9-22-17(21)7-12-6-10-1-2-11(12)5-10/h3-4,8,10-12H,1-2,5-7,9H2. The Bertz CT molecular complexity index is 600. The topological polar surface area (TPSA) is 43.4 Å². The van der Waals surface area contributed by atoms with Crippen molar-refractivity contribution >= 4 is 35.0 Å². The Kier molecular flexibility index (Phi) is 4.74. The normalized spacial score (nSPS) is 26.2. The number of benzene rings is 1. The highest BCUT2D eigenvalue weighted by Crippen LogP contribution is 2.49. The molecule has 5 heteroatoms. The van der Waals surface area contributed by atoms with Crippen LogP contribution in [0.3, 0.4) is 0 Å². The van der Waals surface area contributed by atoms with Crippen LogP contribution in [0.4, 0.5) is 0 Å². The second-order valence-electron chi connectivity index (χ2n) is 6.35. The zero-order chi connectivity index (χ0) is 15.7. The van der Waals surface area contributed by atoms with Crippen LogP contribution in [0.25, 0.3) is 0 Å². The van der Waals surface area contributed by atoms with Gasteiger partial charge >= 0.3 is 5.97 Å². The average Bonchev–Trinajstić information content (AvgIpc) is 3.07. The molecule has 0 amide bonds. The summed E-state index contributed by atoms with van der Waals surface area (Å²) in [7, 11) is 0. The third-order valence-corrected chi connectivity index (χ3v) is 5.46. The minimum atomic E-state index is -0.303. The Labute approximate surface area is 139 Å². The number of ether oxygens (including phenoxy) is 1. The zero-order valence-corrected chi connectivity index (χ0v) is 13.7. The first-order valence-corrected chi connectivity index (χ1v) is 8.42. The van der Waals surface area contributed by atoms with Crippen LogP contribution in [0.15, 0.2) is 18.2 Å². The van der Waals surface area contributed by atoms with Gasteiger partial charge in [0.1, 0.15) is 0 Å². The van der Waals surface area contributed by atoms with E-state index < -0.39 is 0 Å². The van der Waals surface area contributed by atoms with Crippen molar-refractivity contribution in [3.63, 3.8) is 0 Å². The number of carbonyl (C=O) groups excluding carboxylic acids is 2. The van der Waals surface area contributed by atoms with Gasteiger partial charge in [0.05, 0.1) is 5.02 Å². The van der Waals surface area contributed by atoms with Gasteiger partial charge in [0.15, 0.2) is 6.61 Å². The quantitative estimate of drug-likeness (QED) is 0.583. The van der Waals surface area contributed by atoms with Crippen LogP contribution in [0.5, 0.6) is 0 Å². The van der Waals surface area contributed by atoms with Crippen LogP contribution in [-0.2, 0) is 9.53 Å². The van der Waals surface area contributed by atoms with E-state index >= 15 is 0 Å². The van der Waals surface area contributed by atoms with E-state index in [0.29, 0.717) is 28.8 Å². The number of Topliss-reactive ketones (excluding diaryl/α,β-unsaturated/α-hetero) is 1. The molecule has 2 aliphatic carbocycles. The maximum absolute atomic E-state index is 12.0. The first-order chi connectivity index (χ1) is 10.5. The number of hydrogen-bond donors (Lipinski definition) is 0. The smallest absolute Gasteiger partial charge is 0.306 e. The number of ketones is 1. The molecule has 0 aliphatic heterocycles. The van der Waals surface area contributed by atoms with E-state index in [2.05, 4.69) is 0 Å². The highest BCUT2D eigenvalue weighted by molar-refractivity contribution is 6.36. The van der Waals surface area contributed by atoms with Crippen LogP contribution < -0.4 is 0 Å². The number of hydrogen-bond acceptors (Lipinski definition) is 3. The SMILES string of the molecule is O=C(CC1CC2CCC1C2)OCC(=O)c1ccc(Cl)cc1Cl. The predicted octanol–water partition coefficient (Wildman–Crippen LogP) is 4.55.